The number of carboxylic acid groups (broad SMARTS) is 1. The molecule has 1 atom stereocenters. The Labute approximate surface area is 112 Å². The minimum absolute atomic E-state index is 0.273. The second-order valence-electron chi connectivity index (χ2n) is 5.36. The number of carboxylic acids is 1. The lowest BCUT2D eigenvalue weighted by molar-refractivity contribution is -0.142. The number of nitrogens with zero attached hydrogens (tertiary/aromatic N) is 2. The van der Waals surface area contributed by atoms with Crippen LogP contribution in [0.15, 0.2) is 6.20 Å². The second kappa shape index (κ2) is 5.25. The van der Waals surface area contributed by atoms with E-state index in [-0.39, 0.29) is 5.92 Å². The van der Waals surface area contributed by atoms with Crippen molar-refractivity contribution in [3.63, 3.8) is 0 Å². The summed E-state index contributed by atoms with van der Waals surface area (Å²) in [4.78, 5) is 20.1. The van der Waals surface area contributed by atoms with Crippen molar-refractivity contribution in [1.29, 1.82) is 0 Å². The Bertz CT molecular complexity index is 484. The third-order valence-electron chi connectivity index (χ3n) is 4.10. The Balaban J connectivity index is 1.79. The SMILES string of the molecule is O=C(O)C1CCc2nc(C3CCOCC3)ncc2C1. The molecule has 2 heterocycles. The number of carbonyl (C=O) groups is 1. The van der Waals surface area contributed by atoms with Gasteiger partial charge < -0.3 is 9.84 Å². The maximum absolute atomic E-state index is 11.0. The quantitative estimate of drug-likeness (QED) is 0.875. The van der Waals surface area contributed by atoms with E-state index in [1.54, 1.807) is 0 Å². The molecule has 1 aliphatic heterocycles. The van der Waals surface area contributed by atoms with Crippen molar-refractivity contribution >= 4 is 5.97 Å². The van der Waals surface area contributed by atoms with Gasteiger partial charge in [0.1, 0.15) is 5.82 Å². The average Bonchev–Trinajstić information content (AvgIpc) is 2.47. The predicted molar refractivity (Wildman–Crippen MR) is 68.0 cm³/mol. The standard InChI is InChI=1S/C14H18N2O3/c17-14(18)10-1-2-12-11(7-10)8-15-13(16-12)9-3-5-19-6-4-9/h8-10H,1-7H2,(H,17,18). The van der Waals surface area contributed by atoms with Crippen molar-refractivity contribution < 1.29 is 14.6 Å². The van der Waals surface area contributed by atoms with Gasteiger partial charge in [-0.1, -0.05) is 0 Å². The zero-order chi connectivity index (χ0) is 13.2. The van der Waals surface area contributed by atoms with Crippen molar-refractivity contribution in [1.82, 2.24) is 9.97 Å². The van der Waals surface area contributed by atoms with Crippen LogP contribution in [0.1, 0.15) is 42.3 Å². The molecule has 1 aromatic rings. The highest BCUT2D eigenvalue weighted by atomic mass is 16.5. The van der Waals surface area contributed by atoms with Crippen LogP contribution in [0.25, 0.3) is 0 Å². The van der Waals surface area contributed by atoms with Crippen LogP contribution < -0.4 is 0 Å². The molecular weight excluding hydrogens is 244 g/mol. The number of aliphatic carboxylic acids is 1. The Hall–Kier alpha value is -1.49. The van der Waals surface area contributed by atoms with Gasteiger partial charge in [-0.15, -0.1) is 0 Å². The van der Waals surface area contributed by atoms with Gasteiger partial charge >= 0.3 is 5.97 Å². The summed E-state index contributed by atoms with van der Waals surface area (Å²) in [5.41, 5.74) is 2.06. The second-order valence-corrected chi connectivity index (χ2v) is 5.36. The summed E-state index contributed by atoms with van der Waals surface area (Å²) in [6.07, 6.45) is 5.81. The van der Waals surface area contributed by atoms with Gasteiger partial charge in [0.15, 0.2) is 0 Å². The fourth-order valence-electron chi connectivity index (χ4n) is 2.89. The van der Waals surface area contributed by atoms with E-state index in [4.69, 9.17) is 9.84 Å². The average molecular weight is 262 g/mol. The highest BCUT2D eigenvalue weighted by Gasteiger charge is 2.27. The van der Waals surface area contributed by atoms with E-state index in [1.807, 2.05) is 6.20 Å². The monoisotopic (exact) mass is 262 g/mol. The van der Waals surface area contributed by atoms with Crippen LogP contribution in [0.4, 0.5) is 0 Å². The Morgan fingerprint density at radius 2 is 2.11 bits per heavy atom. The summed E-state index contributed by atoms with van der Waals surface area (Å²) in [5.74, 6) is 0.330. The van der Waals surface area contributed by atoms with Crippen molar-refractivity contribution in [3.8, 4) is 0 Å². The Morgan fingerprint density at radius 3 is 2.84 bits per heavy atom. The molecule has 19 heavy (non-hydrogen) atoms. The number of hydrogen-bond acceptors (Lipinski definition) is 4. The number of aromatic nitrogens is 2. The maximum atomic E-state index is 11.0. The normalized spacial score (nSPS) is 23.9. The Kier molecular flexibility index (Phi) is 3.46. The van der Waals surface area contributed by atoms with E-state index in [0.717, 1.165) is 49.6 Å². The first kappa shape index (κ1) is 12.5. The molecule has 0 amide bonds. The molecule has 1 unspecified atom stereocenters. The fraction of sp³-hybridized carbons (Fsp3) is 0.643. The van der Waals surface area contributed by atoms with Gasteiger partial charge in [0.05, 0.1) is 5.92 Å². The smallest absolute Gasteiger partial charge is 0.306 e. The van der Waals surface area contributed by atoms with Crippen LogP contribution >= 0.6 is 0 Å². The molecule has 0 aromatic carbocycles. The molecule has 0 spiro atoms. The summed E-state index contributed by atoms with van der Waals surface area (Å²) in [7, 11) is 0. The molecule has 2 aliphatic rings. The van der Waals surface area contributed by atoms with Crippen molar-refractivity contribution in [3.05, 3.63) is 23.3 Å². The molecule has 0 radical (unpaired) electrons. The summed E-state index contributed by atoms with van der Waals surface area (Å²) in [6, 6.07) is 0. The van der Waals surface area contributed by atoms with Gasteiger partial charge in [0.2, 0.25) is 0 Å². The molecule has 5 heteroatoms. The first-order valence-corrected chi connectivity index (χ1v) is 6.89. The van der Waals surface area contributed by atoms with Crippen LogP contribution in [0.5, 0.6) is 0 Å². The van der Waals surface area contributed by atoms with E-state index in [2.05, 4.69) is 9.97 Å². The van der Waals surface area contributed by atoms with Gasteiger partial charge in [-0.3, -0.25) is 4.79 Å². The highest BCUT2D eigenvalue weighted by molar-refractivity contribution is 5.70. The first-order chi connectivity index (χ1) is 9.24. The summed E-state index contributed by atoms with van der Waals surface area (Å²) >= 11 is 0. The van der Waals surface area contributed by atoms with E-state index in [0.29, 0.717) is 18.8 Å². The van der Waals surface area contributed by atoms with Gasteiger partial charge in [0.25, 0.3) is 0 Å². The van der Waals surface area contributed by atoms with Crippen molar-refractivity contribution in [2.24, 2.45) is 5.92 Å². The molecule has 1 saturated heterocycles. The van der Waals surface area contributed by atoms with Crippen LogP contribution in [0.2, 0.25) is 0 Å². The number of hydrogen-bond donors (Lipinski definition) is 1. The van der Waals surface area contributed by atoms with Gasteiger partial charge in [-0.05, 0) is 37.7 Å². The molecule has 1 N–H and O–H groups in total. The molecule has 1 aliphatic carbocycles. The molecule has 0 bridgehead atoms. The summed E-state index contributed by atoms with van der Waals surface area (Å²) in [6.45, 7) is 1.57. The minimum atomic E-state index is -0.709. The molecular formula is C14H18N2O3. The third-order valence-corrected chi connectivity index (χ3v) is 4.10. The van der Waals surface area contributed by atoms with E-state index in [9.17, 15) is 4.79 Å². The number of aryl methyl sites for hydroxylation is 1. The molecule has 5 nitrogen and oxygen atoms in total. The van der Waals surface area contributed by atoms with Crippen molar-refractivity contribution in [2.45, 2.75) is 38.0 Å². The van der Waals surface area contributed by atoms with Gasteiger partial charge in [0, 0.05) is 31.0 Å². The lowest BCUT2D eigenvalue weighted by Gasteiger charge is -2.24. The Morgan fingerprint density at radius 1 is 1.32 bits per heavy atom. The van der Waals surface area contributed by atoms with Crippen LogP contribution in [-0.2, 0) is 22.4 Å². The zero-order valence-corrected chi connectivity index (χ0v) is 10.8. The minimum Gasteiger partial charge on any atom is -0.481 e. The van der Waals surface area contributed by atoms with Crippen molar-refractivity contribution in [2.75, 3.05) is 13.2 Å². The van der Waals surface area contributed by atoms with E-state index >= 15 is 0 Å². The zero-order valence-electron chi connectivity index (χ0n) is 10.8. The van der Waals surface area contributed by atoms with Gasteiger partial charge in [-0.25, -0.2) is 9.97 Å². The fourth-order valence-corrected chi connectivity index (χ4v) is 2.89. The topological polar surface area (TPSA) is 72.3 Å². The third kappa shape index (κ3) is 2.61. The summed E-state index contributed by atoms with van der Waals surface area (Å²) in [5, 5.41) is 9.07. The van der Waals surface area contributed by atoms with E-state index in [1.165, 1.54) is 0 Å². The number of rotatable bonds is 2. The lowest BCUT2D eigenvalue weighted by Crippen LogP contribution is -2.24. The molecule has 1 fully saturated rings. The highest BCUT2D eigenvalue weighted by Crippen LogP contribution is 2.28. The summed E-state index contributed by atoms with van der Waals surface area (Å²) < 4.78 is 5.35. The van der Waals surface area contributed by atoms with Gasteiger partial charge in [-0.2, -0.15) is 0 Å². The maximum Gasteiger partial charge on any atom is 0.306 e. The molecule has 3 rings (SSSR count). The predicted octanol–water partition coefficient (Wildman–Crippen LogP) is 1.56. The number of fused-ring (bicyclic) bond motifs is 1. The van der Waals surface area contributed by atoms with E-state index < -0.39 is 5.97 Å². The molecule has 0 saturated carbocycles. The van der Waals surface area contributed by atoms with Crippen LogP contribution in [0.3, 0.4) is 0 Å². The number of ether oxygens (including phenoxy) is 1. The largest absolute Gasteiger partial charge is 0.481 e. The molecule has 1 aromatic heterocycles. The van der Waals surface area contributed by atoms with Crippen LogP contribution in [-0.4, -0.2) is 34.3 Å². The first-order valence-electron chi connectivity index (χ1n) is 6.89. The lowest BCUT2D eigenvalue weighted by atomic mass is 9.87. The molecule has 102 valence electrons. The van der Waals surface area contributed by atoms with Crippen LogP contribution in [0, 0.1) is 5.92 Å².